The molecule has 8 heavy (non-hydrogen) atoms. The lowest BCUT2D eigenvalue weighted by atomic mass is 10.4. The van der Waals surface area contributed by atoms with Gasteiger partial charge in [-0.1, -0.05) is 15.9 Å². The van der Waals surface area contributed by atoms with Gasteiger partial charge in [-0.15, -0.1) is 0 Å². The number of alkyl halides is 1. The molecule has 3 heteroatoms. The molecule has 46 valence electrons. The number of halogens is 1. The van der Waals surface area contributed by atoms with E-state index in [1.165, 1.54) is 6.20 Å². The summed E-state index contributed by atoms with van der Waals surface area (Å²) >= 11 is 3.24. The molecule has 0 spiro atoms. The van der Waals surface area contributed by atoms with E-state index in [0.717, 1.165) is 10.9 Å². The average molecular weight is 177 g/mol. The number of hydrogen-bond donors (Lipinski definition) is 1. The van der Waals surface area contributed by atoms with Crippen LogP contribution in [0.3, 0.4) is 0 Å². The van der Waals surface area contributed by atoms with Crippen LogP contribution in [0.25, 0.3) is 0 Å². The second-order valence-electron chi connectivity index (χ2n) is 1.26. The van der Waals surface area contributed by atoms with Crippen LogP contribution in [0.15, 0.2) is 16.8 Å². The van der Waals surface area contributed by atoms with E-state index in [9.17, 15) is 0 Å². The van der Waals surface area contributed by atoms with Gasteiger partial charge in [-0.05, 0) is 11.8 Å². The van der Waals surface area contributed by atoms with Crippen molar-refractivity contribution in [2.24, 2.45) is 10.7 Å². The predicted molar refractivity (Wildman–Crippen MR) is 40.5 cm³/mol. The Hall–Kier alpha value is -0.310. The summed E-state index contributed by atoms with van der Waals surface area (Å²) in [4.78, 5) is 3.77. The Labute approximate surface area is 57.6 Å². The second-order valence-corrected chi connectivity index (χ2v) is 1.82. The first kappa shape index (κ1) is 7.69. The van der Waals surface area contributed by atoms with Crippen LogP contribution in [-0.2, 0) is 0 Å². The van der Waals surface area contributed by atoms with Crippen LogP contribution in [0, 0.1) is 0 Å². The molecule has 0 aromatic carbocycles. The first-order chi connectivity index (χ1) is 3.85. The molecule has 0 unspecified atom stereocenters. The zero-order valence-corrected chi connectivity index (χ0v) is 6.35. The van der Waals surface area contributed by atoms with Gasteiger partial charge in [0.05, 0.1) is 0 Å². The standard InChI is InChI=1S/C5H9BrN2/c1-8-4-5(2-6)3-7/h3-4H,2,7H2,1H3. The fraction of sp³-hybridized carbons (Fsp3) is 0.400. The highest BCUT2D eigenvalue weighted by molar-refractivity contribution is 9.09. The number of rotatable bonds is 2. The number of hydrogen-bond acceptors (Lipinski definition) is 2. The van der Waals surface area contributed by atoms with Crippen LogP contribution >= 0.6 is 15.9 Å². The molecule has 0 heterocycles. The van der Waals surface area contributed by atoms with Gasteiger partial charge in [-0.3, -0.25) is 4.99 Å². The van der Waals surface area contributed by atoms with Crippen molar-refractivity contribution in [2.75, 3.05) is 12.4 Å². The van der Waals surface area contributed by atoms with Crippen molar-refractivity contribution in [3.63, 3.8) is 0 Å². The lowest BCUT2D eigenvalue weighted by Crippen LogP contribution is -1.90. The van der Waals surface area contributed by atoms with Gasteiger partial charge in [0.2, 0.25) is 0 Å². The van der Waals surface area contributed by atoms with Gasteiger partial charge in [0.25, 0.3) is 0 Å². The Bertz CT molecular complexity index is 104. The molecule has 0 rings (SSSR count). The minimum atomic E-state index is 0.765. The molecule has 0 atom stereocenters. The van der Waals surface area contributed by atoms with Crippen molar-refractivity contribution in [2.45, 2.75) is 0 Å². The molecule has 0 radical (unpaired) electrons. The topological polar surface area (TPSA) is 38.4 Å². The summed E-state index contributed by atoms with van der Waals surface area (Å²) in [6.45, 7) is 0. The summed E-state index contributed by atoms with van der Waals surface area (Å²) in [5.41, 5.74) is 6.18. The van der Waals surface area contributed by atoms with E-state index in [-0.39, 0.29) is 0 Å². The summed E-state index contributed by atoms with van der Waals surface area (Å²) in [6, 6.07) is 0. The van der Waals surface area contributed by atoms with Gasteiger partial charge in [-0.25, -0.2) is 0 Å². The lowest BCUT2D eigenvalue weighted by molar-refractivity contribution is 1.43. The van der Waals surface area contributed by atoms with Crippen molar-refractivity contribution < 1.29 is 0 Å². The van der Waals surface area contributed by atoms with Gasteiger partial charge < -0.3 is 5.73 Å². The molecular formula is C5H9BrN2. The predicted octanol–water partition coefficient (Wildman–Crippen LogP) is 0.925. The molecule has 0 saturated heterocycles. The quantitative estimate of drug-likeness (QED) is 0.494. The Balaban J connectivity index is 3.72. The molecule has 0 aliphatic carbocycles. The Kier molecular flexibility index (Phi) is 4.65. The van der Waals surface area contributed by atoms with Crippen LogP contribution in [-0.4, -0.2) is 18.6 Å². The van der Waals surface area contributed by atoms with Crippen LogP contribution < -0.4 is 5.73 Å². The highest BCUT2D eigenvalue weighted by Gasteiger charge is 1.83. The van der Waals surface area contributed by atoms with Crippen LogP contribution in [0.1, 0.15) is 0 Å². The van der Waals surface area contributed by atoms with Gasteiger partial charge in [0, 0.05) is 18.6 Å². The molecule has 2 N–H and O–H groups in total. The summed E-state index contributed by atoms with van der Waals surface area (Å²) in [5, 5.41) is 0.765. The number of allylic oxidation sites excluding steroid dienone is 1. The minimum Gasteiger partial charge on any atom is -0.404 e. The third kappa shape index (κ3) is 2.80. The first-order valence-electron chi connectivity index (χ1n) is 2.24. The fourth-order valence-electron chi connectivity index (χ4n) is 0.288. The molecule has 2 nitrogen and oxygen atoms in total. The summed E-state index contributed by atoms with van der Waals surface area (Å²) in [7, 11) is 1.71. The van der Waals surface area contributed by atoms with Gasteiger partial charge in [0.15, 0.2) is 0 Å². The van der Waals surface area contributed by atoms with Gasteiger partial charge in [0.1, 0.15) is 0 Å². The van der Waals surface area contributed by atoms with E-state index in [0.29, 0.717) is 0 Å². The number of aliphatic imine (C=N–C) groups is 1. The summed E-state index contributed by atoms with van der Waals surface area (Å²) in [6.07, 6.45) is 3.25. The van der Waals surface area contributed by atoms with Crippen molar-refractivity contribution >= 4 is 22.1 Å². The van der Waals surface area contributed by atoms with Crippen LogP contribution in [0.4, 0.5) is 0 Å². The smallest absolute Gasteiger partial charge is 0.0312 e. The molecule has 0 bridgehead atoms. The van der Waals surface area contributed by atoms with E-state index in [1.807, 2.05) is 0 Å². The van der Waals surface area contributed by atoms with Crippen molar-refractivity contribution in [3.8, 4) is 0 Å². The van der Waals surface area contributed by atoms with E-state index in [1.54, 1.807) is 13.3 Å². The lowest BCUT2D eigenvalue weighted by Gasteiger charge is -1.87. The van der Waals surface area contributed by atoms with Crippen molar-refractivity contribution in [1.29, 1.82) is 0 Å². The van der Waals surface area contributed by atoms with E-state index < -0.39 is 0 Å². The first-order valence-corrected chi connectivity index (χ1v) is 3.36. The maximum Gasteiger partial charge on any atom is 0.0312 e. The largest absolute Gasteiger partial charge is 0.404 e. The zero-order valence-electron chi connectivity index (χ0n) is 4.76. The Morgan fingerprint density at radius 1 is 1.88 bits per heavy atom. The SMILES string of the molecule is CN=CC(=CN)CBr. The average Bonchev–Trinajstić information content (AvgIpc) is 1.83. The minimum absolute atomic E-state index is 0.765. The molecule has 0 aliphatic rings. The zero-order chi connectivity index (χ0) is 6.41. The van der Waals surface area contributed by atoms with E-state index in [2.05, 4.69) is 20.9 Å². The molecule has 0 aromatic rings. The van der Waals surface area contributed by atoms with Crippen LogP contribution in [0.2, 0.25) is 0 Å². The Morgan fingerprint density at radius 2 is 2.50 bits per heavy atom. The second kappa shape index (κ2) is 4.84. The molecule has 0 fully saturated rings. The number of nitrogens with two attached hydrogens (primary N) is 1. The molecular weight excluding hydrogens is 168 g/mol. The highest BCUT2D eigenvalue weighted by atomic mass is 79.9. The Morgan fingerprint density at radius 3 is 2.62 bits per heavy atom. The molecule has 0 aromatic heterocycles. The monoisotopic (exact) mass is 176 g/mol. The normalized spacial score (nSPS) is 13.0. The van der Waals surface area contributed by atoms with Crippen molar-refractivity contribution in [1.82, 2.24) is 0 Å². The van der Waals surface area contributed by atoms with Crippen molar-refractivity contribution in [3.05, 3.63) is 11.8 Å². The third-order valence-corrected chi connectivity index (χ3v) is 1.31. The summed E-state index contributed by atoms with van der Waals surface area (Å²) < 4.78 is 0. The third-order valence-electron chi connectivity index (χ3n) is 0.663. The fourth-order valence-corrected chi connectivity index (χ4v) is 0.620. The van der Waals surface area contributed by atoms with E-state index >= 15 is 0 Å². The highest BCUT2D eigenvalue weighted by Crippen LogP contribution is 1.92. The molecule has 0 amide bonds. The summed E-state index contributed by atoms with van der Waals surface area (Å²) in [5.74, 6) is 0. The maximum atomic E-state index is 5.19. The van der Waals surface area contributed by atoms with Crippen LogP contribution in [0.5, 0.6) is 0 Å². The van der Waals surface area contributed by atoms with Gasteiger partial charge >= 0.3 is 0 Å². The maximum absolute atomic E-state index is 5.19. The number of nitrogens with zero attached hydrogens (tertiary/aromatic N) is 1. The van der Waals surface area contributed by atoms with Gasteiger partial charge in [-0.2, -0.15) is 0 Å². The molecule has 0 saturated carbocycles. The van der Waals surface area contributed by atoms with E-state index in [4.69, 9.17) is 5.73 Å². The molecule has 0 aliphatic heterocycles.